The summed E-state index contributed by atoms with van der Waals surface area (Å²) < 4.78 is 0. The number of hydrogen-bond donors (Lipinski definition) is 2. The molecule has 2 nitrogen and oxygen atoms in total. The minimum Gasteiger partial charge on any atom is -0.390 e. The first-order chi connectivity index (χ1) is 5.37. The van der Waals surface area contributed by atoms with Crippen LogP contribution in [-0.2, 0) is 0 Å². The van der Waals surface area contributed by atoms with E-state index in [0.29, 0.717) is 11.8 Å². The third kappa shape index (κ3) is 0.775. The van der Waals surface area contributed by atoms with Crippen molar-refractivity contribution >= 4 is 0 Å². The average molecular weight is 170 g/mol. The second-order valence-electron chi connectivity index (χ2n) is 5.28. The van der Waals surface area contributed by atoms with Crippen molar-refractivity contribution in [2.24, 2.45) is 17.3 Å². The molecule has 2 heteroatoms. The lowest BCUT2D eigenvalue weighted by Crippen LogP contribution is -2.66. The smallest absolute Gasteiger partial charge is 0.0910 e. The summed E-state index contributed by atoms with van der Waals surface area (Å²) in [7, 11) is 0. The summed E-state index contributed by atoms with van der Waals surface area (Å²) in [4.78, 5) is 0. The number of rotatable bonds is 0. The van der Waals surface area contributed by atoms with Gasteiger partial charge in [0.15, 0.2) is 0 Å². The van der Waals surface area contributed by atoms with Gasteiger partial charge in [-0.2, -0.15) is 0 Å². The molecule has 0 unspecified atom stereocenters. The van der Waals surface area contributed by atoms with E-state index < -0.39 is 11.7 Å². The molecule has 0 aliphatic heterocycles. The van der Waals surface area contributed by atoms with E-state index in [9.17, 15) is 10.2 Å². The van der Waals surface area contributed by atoms with Crippen LogP contribution in [0.4, 0.5) is 0 Å². The van der Waals surface area contributed by atoms with Crippen LogP contribution in [-0.4, -0.2) is 21.9 Å². The summed E-state index contributed by atoms with van der Waals surface area (Å²) in [5.41, 5.74) is -0.610. The Morgan fingerprint density at radius 2 is 1.75 bits per heavy atom. The molecule has 0 amide bonds. The number of aliphatic hydroxyl groups excluding tert-OH is 1. The third-order valence-electron chi connectivity index (χ3n) is 4.36. The molecule has 2 N–H and O–H groups in total. The Morgan fingerprint density at radius 3 is 2.08 bits per heavy atom. The maximum atomic E-state index is 10.0. The number of fused-ring (bicyclic) bond motifs is 2. The molecule has 12 heavy (non-hydrogen) atoms. The predicted octanol–water partition coefficient (Wildman–Crippen LogP) is 1.16. The zero-order chi connectivity index (χ0) is 9.15. The molecular formula is C10H18O2. The molecule has 3 aliphatic carbocycles. The van der Waals surface area contributed by atoms with E-state index >= 15 is 0 Å². The van der Waals surface area contributed by atoms with Gasteiger partial charge in [0, 0.05) is 0 Å². The standard InChI is InChI=1S/C10H18O2/c1-9(2)6-4-7(9)10(3,12)8(11)5-6/h6-8,11-12H,4-5H2,1-3H3/t6-,7+,8+,10+/m0/s1. The molecule has 0 aromatic carbocycles. The number of hydrogen-bond acceptors (Lipinski definition) is 2. The highest BCUT2D eigenvalue weighted by Crippen LogP contribution is 2.62. The molecular weight excluding hydrogens is 152 g/mol. The van der Waals surface area contributed by atoms with Gasteiger partial charge < -0.3 is 10.2 Å². The lowest BCUT2D eigenvalue weighted by atomic mass is 9.43. The summed E-state index contributed by atoms with van der Waals surface area (Å²) >= 11 is 0. The van der Waals surface area contributed by atoms with Crippen molar-refractivity contribution in [2.45, 2.75) is 45.3 Å². The van der Waals surface area contributed by atoms with Crippen LogP contribution in [0.2, 0.25) is 0 Å². The molecule has 3 rings (SSSR count). The van der Waals surface area contributed by atoms with Crippen LogP contribution in [0.25, 0.3) is 0 Å². The third-order valence-corrected chi connectivity index (χ3v) is 4.36. The van der Waals surface area contributed by atoms with Gasteiger partial charge in [-0.05, 0) is 37.0 Å². The second-order valence-corrected chi connectivity index (χ2v) is 5.28. The molecule has 2 bridgehead atoms. The van der Waals surface area contributed by atoms with Crippen LogP contribution in [0.15, 0.2) is 0 Å². The maximum Gasteiger partial charge on any atom is 0.0910 e. The topological polar surface area (TPSA) is 40.5 Å². The van der Waals surface area contributed by atoms with Crippen LogP contribution in [0.1, 0.15) is 33.6 Å². The molecule has 0 spiro atoms. The molecule has 3 saturated carbocycles. The van der Waals surface area contributed by atoms with Gasteiger partial charge in [0.05, 0.1) is 11.7 Å². The van der Waals surface area contributed by atoms with Crippen LogP contribution in [0.5, 0.6) is 0 Å². The fraction of sp³-hybridized carbons (Fsp3) is 1.00. The van der Waals surface area contributed by atoms with Gasteiger partial charge in [0.2, 0.25) is 0 Å². The molecule has 4 atom stereocenters. The Bertz CT molecular complexity index is 208. The lowest BCUT2D eigenvalue weighted by Gasteiger charge is -2.64. The fourth-order valence-electron chi connectivity index (χ4n) is 3.15. The molecule has 0 heterocycles. The van der Waals surface area contributed by atoms with Gasteiger partial charge in [-0.25, -0.2) is 0 Å². The van der Waals surface area contributed by atoms with Gasteiger partial charge in [-0.3, -0.25) is 0 Å². The Kier molecular flexibility index (Phi) is 1.45. The van der Waals surface area contributed by atoms with Crippen LogP contribution >= 0.6 is 0 Å². The van der Waals surface area contributed by atoms with E-state index in [1.807, 2.05) is 0 Å². The first-order valence-electron chi connectivity index (χ1n) is 4.77. The highest BCUT2D eigenvalue weighted by Gasteiger charge is 2.62. The van der Waals surface area contributed by atoms with Crippen molar-refractivity contribution in [1.29, 1.82) is 0 Å². The van der Waals surface area contributed by atoms with Crippen molar-refractivity contribution in [3.63, 3.8) is 0 Å². The summed E-state index contributed by atoms with van der Waals surface area (Å²) in [6, 6.07) is 0. The van der Waals surface area contributed by atoms with E-state index in [2.05, 4.69) is 13.8 Å². The van der Waals surface area contributed by atoms with E-state index in [4.69, 9.17) is 0 Å². The first kappa shape index (κ1) is 8.52. The van der Waals surface area contributed by atoms with E-state index in [-0.39, 0.29) is 5.41 Å². The van der Waals surface area contributed by atoms with Crippen LogP contribution < -0.4 is 0 Å². The summed E-state index contributed by atoms with van der Waals surface area (Å²) in [5.74, 6) is 0.913. The molecule has 0 aromatic heterocycles. The number of aliphatic hydroxyl groups is 2. The van der Waals surface area contributed by atoms with Gasteiger partial charge in [0.1, 0.15) is 0 Å². The molecule has 0 radical (unpaired) electrons. The van der Waals surface area contributed by atoms with Crippen molar-refractivity contribution < 1.29 is 10.2 Å². The zero-order valence-electron chi connectivity index (χ0n) is 8.04. The largest absolute Gasteiger partial charge is 0.390 e. The quantitative estimate of drug-likeness (QED) is 0.573. The van der Waals surface area contributed by atoms with Crippen molar-refractivity contribution in [3.8, 4) is 0 Å². The van der Waals surface area contributed by atoms with Gasteiger partial charge in [-0.15, -0.1) is 0 Å². The minimum absolute atomic E-state index is 0.239. The Hall–Kier alpha value is -0.0800. The van der Waals surface area contributed by atoms with Gasteiger partial charge >= 0.3 is 0 Å². The van der Waals surface area contributed by atoms with Gasteiger partial charge in [0.25, 0.3) is 0 Å². The normalized spacial score (nSPS) is 56.2. The highest BCUT2D eigenvalue weighted by molar-refractivity contribution is 5.12. The van der Waals surface area contributed by atoms with Gasteiger partial charge in [-0.1, -0.05) is 13.8 Å². The molecule has 70 valence electrons. The lowest BCUT2D eigenvalue weighted by molar-refractivity contribution is -0.245. The van der Waals surface area contributed by atoms with E-state index in [1.165, 1.54) is 0 Å². The molecule has 0 saturated heterocycles. The van der Waals surface area contributed by atoms with Crippen molar-refractivity contribution in [3.05, 3.63) is 0 Å². The second kappa shape index (κ2) is 2.05. The van der Waals surface area contributed by atoms with Crippen LogP contribution in [0.3, 0.4) is 0 Å². The average Bonchev–Trinajstić information content (AvgIpc) is 1.93. The summed E-state index contributed by atoms with van der Waals surface area (Å²) in [6.07, 6.45) is 1.36. The Balaban J connectivity index is 2.27. The summed E-state index contributed by atoms with van der Waals surface area (Å²) in [5, 5.41) is 19.7. The Morgan fingerprint density at radius 1 is 1.17 bits per heavy atom. The zero-order valence-corrected chi connectivity index (χ0v) is 8.04. The van der Waals surface area contributed by atoms with Crippen molar-refractivity contribution in [2.75, 3.05) is 0 Å². The summed E-state index contributed by atoms with van der Waals surface area (Å²) in [6.45, 7) is 6.18. The van der Waals surface area contributed by atoms with Crippen LogP contribution in [0, 0.1) is 17.3 Å². The first-order valence-corrected chi connectivity index (χ1v) is 4.77. The highest BCUT2D eigenvalue weighted by atomic mass is 16.3. The fourth-order valence-corrected chi connectivity index (χ4v) is 3.15. The minimum atomic E-state index is -0.849. The maximum absolute atomic E-state index is 10.0. The predicted molar refractivity (Wildman–Crippen MR) is 46.6 cm³/mol. The van der Waals surface area contributed by atoms with E-state index in [0.717, 1.165) is 12.8 Å². The molecule has 0 aromatic rings. The van der Waals surface area contributed by atoms with Crippen molar-refractivity contribution in [1.82, 2.24) is 0 Å². The van der Waals surface area contributed by atoms with E-state index in [1.54, 1.807) is 6.92 Å². The Labute approximate surface area is 73.6 Å². The molecule has 3 fully saturated rings. The SMILES string of the molecule is CC1(C)[C@@H]2C[C@@H](O)[C@](C)(O)[C@@H]1C2. The molecule has 3 aliphatic rings. The monoisotopic (exact) mass is 170 g/mol.